The summed E-state index contributed by atoms with van der Waals surface area (Å²) in [5, 5.41) is 14.0. The van der Waals surface area contributed by atoms with Gasteiger partial charge in [-0.15, -0.1) is 0 Å². The number of carbonyl (C=O) groups excluding carboxylic acids is 1. The van der Waals surface area contributed by atoms with Gasteiger partial charge in [-0.25, -0.2) is 0 Å². The summed E-state index contributed by atoms with van der Waals surface area (Å²) >= 11 is 12.0. The Morgan fingerprint density at radius 2 is 2.08 bits per heavy atom. The monoisotopic (exact) mass is 392 g/mol. The molecular weight excluding hydrogens is 375 g/mol. The van der Waals surface area contributed by atoms with Crippen LogP contribution in [0.15, 0.2) is 36.5 Å². The summed E-state index contributed by atoms with van der Waals surface area (Å²) in [6, 6.07) is 8.80. The molecule has 0 saturated carbocycles. The van der Waals surface area contributed by atoms with Crippen molar-refractivity contribution < 1.29 is 14.6 Å². The number of fused-ring (bicyclic) bond motifs is 2. The lowest BCUT2D eigenvalue weighted by molar-refractivity contribution is -0.121. The molecule has 1 aromatic heterocycles. The van der Waals surface area contributed by atoms with E-state index in [4.69, 9.17) is 27.9 Å². The molecular formula is C19H18Cl2N2O3. The van der Waals surface area contributed by atoms with E-state index in [9.17, 15) is 9.90 Å². The van der Waals surface area contributed by atoms with E-state index in [2.05, 4.69) is 10.3 Å². The highest BCUT2D eigenvalue weighted by Crippen LogP contribution is 2.49. The molecule has 5 atom stereocenters. The third-order valence-corrected chi connectivity index (χ3v) is 5.86. The van der Waals surface area contributed by atoms with Gasteiger partial charge in [-0.1, -0.05) is 23.2 Å². The number of rotatable bonds is 3. The summed E-state index contributed by atoms with van der Waals surface area (Å²) < 4.78 is 5.93. The smallest absolute Gasteiger partial charge is 0.230 e. The van der Waals surface area contributed by atoms with E-state index >= 15 is 0 Å². The van der Waals surface area contributed by atoms with E-state index in [1.807, 2.05) is 19.1 Å². The molecule has 2 aromatic rings. The molecule has 2 saturated heterocycles. The van der Waals surface area contributed by atoms with Crippen LogP contribution in [0.25, 0.3) is 0 Å². The van der Waals surface area contributed by atoms with Crippen molar-refractivity contribution >= 4 is 34.8 Å². The van der Waals surface area contributed by atoms with Crippen LogP contribution in [-0.4, -0.2) is 34.3 Å². The fourth-order valence-electron chi connectivity index (χ4n) is 4.01. The van der Waals surface area contributed by atoms with Crippen LogP contribution in [-0.2, 0) is 9.53 Å². The second-order valence-corrected chi connectivity index (χ2v) is 7.66. The minimum atomic E-state index is -0.563. The highest BCUT2D eigenvalue weighted by Gasteiger charge is 2.56. The third-order valence-electron chi connectivity index (χ3n) is 5.12. The number of hydrogen-bond donors (Lipinski definition) is 2. The van der Waals surface area contributed by atoms with E-state index in [-0.39, 0.29) is 30.0 Å². The maximum atomic E-state index is 13.0. The number of aliphatic hydroxyl groups excluding tert-OH is 1. The Morgan fingerprint density at radius 1 is 1.27 bits per heavy atom. The number of nitrogens with zero attached hydrogens (tertiary/aromatic N) is 1. The summed E-state index contributed by atoms with van der Waals surface area (Å²) in [5.41, 5.74) is 2.40. The first-order chi connectivity index (χ1) is 12.4. The molecule has 2 bridgehead atoms. The van der Waals surface area contributed by atoms with E-state index in [1.54, 1.807) is 24.4 Å². The Hall–Kier alpha value is -1.66. The Balaban J connectivity index is 1.62. The Labute approximate surface area is 161 Å². The van der Waals surface area contributed by atoms with Crippen molar-refractivity contribution in [3.05, 3.63) is 57.8 Å². The molecule has 7 heteroatoms. The first kappa shape index (κ1) is 17.7. The van der Waals surface area contributed by atoms with E-state index < -0.39 is 6.10 Å². The lowest BCUT2D eigenvalue weighted by Gasteiger charge is -2.30. The fraction of sp³-hybridized carbons (Fsp3) is 0.368. The fourth-order valence-corrected chi connectivity index (χ4v) is 4.31. The van der Waals surface area contributed by atoms with Gasteiger partial charge in [0.05, 0.1) is 34.3 Å². The number of hydrogen-bond acceptors (Lipinski definition) is 4. The molecule has 0 aliphatic carbocycles. The SMILES string of the molecule is Cc1cc([C@H]2[C@H]3O[C@H](C[C@@H]3O)[C@H]2C(=O)Nc2ccc(Cl)c(Cl)c2)ccn1. The van der Waals surface area contributed by atoms with Gasteiger partial charge in [0, 0.05) is 29.9 Å². The summed E-state index contributed by atoms with van der Waals surface area (Å²) in [7, 11) is 0. The molecule has 2 N–H and O–H groups in total. The first-order valence-electron chi connectivity index (χ1n) is 8.46. The maximum Gasteiger partial charge on any atom is 0.230 e. The van der Waals surface area contributed by atoms with Gasteiger partial charge in [0.1, 0.15) is 0 Å². The van der Waals surface area contributed by atoms with Crippen molar-refractivity contribution in [2.24, 2.45) is 5.92 Å². The lowest BCUT2D eigenvalue weighted by Crippen LogP contribution is -2.41. The molecule has 136 valence electrons. The predicted octanol–water partition coefficient (Wildman–Crippen LogP) is 3.57. The van der Waals surface area contributed by atoms with Crippen LogP contribution in [0.4, 0.5) is 5.69 Å². The lowest BCUT2D eigenvalue weighted by atomic mass is 9.74. The van der Waals surface area contributed by atoms with Gasteiger partial charge in [-0.2, -0.15) is 0 Å². The average Bonchev–Trinajstić information content (AvgIpc) is 3.15. The van der Waals surface area contributed by atoms with Gasteiger partial charge in [0.2, 0.25) is 5.91 Å². The van der Waals surface area contributed by atoms with Crippen molar-refractivity contribution in [2.75, 3.05) is 5.32 Å². The molecule has 4 rings (SSSR count). The molecule has 26 heavy (non-hydrogen) atoms. The number of pyridine rings is 1. The minimum Gasteiger partial charge on any atom is -0.390 e. The summed E-state index contributed by atoms with van der Waals surface area (Å²) in [4.78, 5) is 17.2. The summed E-state index contributed by atoms with van der Waals surface area (Å²) in [5.74, 6) is -0.755. The molecule has 3 heterocycles. The topological polar surface area (TPSA) is 71.5 Å². The van der Waals surface area contributed by atoms with Crippen LogP contribution >= 0.6 is 23.2 Å². The van der Waals surface area contributed by atoms with Crippen molar-refractivity contribution in [1.29, 1.82) is 0 Å². The average molecular weight is 393 g/mol. The highest BCUT2D eigenvalue weighted by atomic mass is 35.5. The molecule has 2 aliphatic heterocycles. The van der Waals surface area contributed by atoms with Crippen LogP contribution in [0.2, 0.25) is 10.0 Å². The van der Waals surface area contributed by atoms with Gasteiger partial charge in [-0.05, 0) is 42.8 Å². The zero-order chi connectivity index (χ0) is 18.4. The standard InChI is InChI=1S/C19H18Cl2N2O3/c1-9-6-10(4-5-22-9)16-17(15-8-14(24)18(16)26-15)19(25)23-11-2-3-12(20)13(21)7-11/h2-7,14-18,24H,8H2,1H3,(H,23,25)/t14-,15+,16+,17+,18-/m0/s1. The Bertz CT molecular complexity index is 860. The number of aliphatic hydroxyl groups is 1. The third kappa shape index (κ3) is 3.09. The second kappa shape index (κ2) is 6.82. The maximum absolute atomic E-state index is 13.0. The number of amides is 1. The molecule has 0 unspecified atom stereocenters. The largest absolute Gasteiger partial charge is 0.390 e. The molecule has 2 aliphatic rings. The molecule has 1 aromatic carbocycles. The highest BCUT2D eigenvalue weighted by molar-refractivity contribution is 6.42. The molecule has 0 radical (unpaired) electrons. The molecule has 1 amide bonds. The first-order valence-corrected chi connectivity index (χ1v) is 9.21. The van der Waals surface area contributed by atoms with Crippen molar-refractivity contribution in [3.8, 4) is 0 Å². The Kier molecular flexibility index (Phi) is 4.65. The summed E-state index contributed by atoms with van der Waals surface area (Å²) in [6.07, 6.45) is 0.928. The number of aryl methyl sites for hydroxylation is 1. The predicted molar refractivity (Wildman–Crippen MR) is 99.6 cm³/mol. The molecule has 0 spiro atoms. The molecule has 5 nitrogen and oxygen atoms in total. The second-order valence-electron chi connectivity index (χ2n) is 6.84. The van der Waals surface area contributed by atoms with Gasteiger partial charge >= 0.3 is 0 Å². The van der Waals surface area contributed by atoms with E-state index in [1.165, 1.54) is 0 Å². The van der Waals surface area contributed by atoms with Gasteiger partial charge in [-0.3, -0.25) is 9.78 Å². The summed E-state index contributed by atoms with van der Waals surface area (Å²) in [6.45, 7) is 1.90. The van der Waals surface area contributed by atoms with Crippen molar-refractivity contribution in [1.82, 2.24) is 4.98 Å². The van der Waals surface area contributed by atoms with Crippen LogP contribution in [0.3, 0.4) is 0 Å². The van der Waals surface area contributed by atoms with Crippen molar-refractivity contribution in [2.45, 2.75) is 37.6 Å². The normalized spacial score (nSPS) is 29.8. The minimum absolute atomic E-state index is 0.151. The van der Waals surface area contributed by atoms with E-state index in [0.29, 0.717) is 22.2 Å². The Morgan fingerprint density at radius 3 is 2.81 bits per heavy atom. The number of aromatic nitrogens is 1. The zero-order valence-corrected chi connectivity index (χ0v) is 15.5. The number of benzene rings is 1. The van der Waals surface area contributed by atoms with Crippen LogP contribution in [0.1, 0.15) is 23.6 Å². The van der Waals surface area contributed by atoms with Gasteiger partial charge < -0.3 is 15.2 Å². The van der Waals surface area contributed by atoms with Crippen LogP contribution in [0.5, 0.6) is 0 Å². The zero-order valence-electron chi connectivity index (χ0n) is 14.0. The van der Waals surface area contributed by atoms with E-state index in [0.717, 1.165) is 11.3 Å². The number of ether oxygens (including phenoxy) is 1. The van der Waals surface area contributed by atoms with Crippen LogP contribution < -0.4 is 5.32 Å². The van der Waals surface area contributed by atoms with Gasteiger partial charge in [0.15, 0.2) is 0 Å². The van der Waals surface area contributed by atoms with Crippen molar-refractivity contribution in [3.63, 3.8) is 0 Å². The number of nitrogens with one attached hydrogen (secondary N) is 1. The molecule has 2 fully saturated rings. The number of carbonyl (C=O) groups is 1. The van der Waals surface area contributed by atoms with Crippen LogP contribution in [0, 0.1) is 12.8 Å². The number of halogens is 2. The quantitative estimate of drug-likeness (QED) is 0.837. The van der Waals surface area contributed by atoms with Gasteiger partial charge in [0.25, 0.3) is 0 Å². The number of anilines is 1.